The van der Waals surface area contributed by atoms with Gasteiger partial charge in [-0.2, -0.15) is 5.10 Å². The average molecular weight is 217 g/mol. The van der Waals surface area contributed by atoms with Crippen molar-refractivity contribution in [1.82, 2.24) is 9.78 Å². The second-order valence-corrected chi connectivity index (χ2v) is 3.82. The van der Waals surface area contributed by atoms with Crippen molar-refractivity contribution in [2.24, 2.45) is 5.92 Å². The number of alkyl halides is 2. The number of nitrogens with two attached hydrogens (primary N) is 1. The summed E-state index contributed by atoms with van der Waals surface area (Å²) in [5, 5.41) is 4.05. The van der Waals surface area contributed by atoms with E-state index >= 15 is 0 Å². The third kappa shape index (κ3) is 3.49. The fourth-order valence-electron chi connectivity index (χ4n) is 1.52. The standard InChI is InChI=1S/C10H17F2N3/c1-3-8(4-9(11)12)6-15-5-7(2)10(13)14-15/h5,8-9H,3-4,6H2,1-2H3,(H2,13,14). The molecule has 0 aliphatic heterocycles. The molecule has 0 bridgehead atoms. The van der Waals surface area contributed by atoms with Gasteiger partial charge in [-0.05, 0) is 12.8 Å². The summed E-state index contributed by atoms with van der Waals surface area (Å²) in [7, 11) is 0. The van der Waals surface area contributed by atoms with Gasteiger partial charge in [-0.1, -0.05) is 13.3 Å². The van der Waals surface area contributed by atoms with Gasteiger partial charge in [0, 0.05) is 24.7 Å². The number of hydrogen-bond acceptors (Lipinski definition) is 2. The van der Waals surface area contributed by atoms with Crippen molar-refractivity contribution in [3.63, 3.8) is 0 Å². The lowest BCUT2D eigenvalue weighted by atomic mass is 10.0. The molecule has 0 aliphatic rings. The Morgan fingerprint density at radius 2 is 2.20 bits per heavy atom. The third-order valence-corrected chi connectivity index (χ3v) is 2.52. The van der Waals surface area contributed by atoms with Gasteiger partial charge in [0.05, 0.1) is 0 Å². The summed E-state index contributed by atoms with van der Waals surface area (Å²) in [5.41, 5.74) is 6.47. The lowest BCUT2D eigenvalue weighted by molar-refractivity contribution is 0.108. The molecule has 2 N–H and O–H groups in total. The highest BCUT2D eigenvalue weighted by molar-refractivity contribution is 5.35. The Morgan fingerprint density at radius 3 is 2.60 bits per heavy atom. The van der Waals surface area contributed by atoms with Crippen molar-refractivity contribution in [1.29, 1.82) is 0 Å². The molecule has 0 fully saturated rings. The van der Waals surface area contributed by atoms with Gasteiger partial charge in [0.1, 0.15) is 5.82 Å². The number of halogens is 2. The predicted molar refractivity (Wildman–Crippen MR) is 55.8 cm³/mol. The SMILES string of the molecule is CCC(CC(F)F)Cn1cc(C)c(N)n1. The van der Waals surface area contributed by atoms with Crippen LogP contribution in [0.2, 0.25) is 0 Å². The highest BCUT2D eigenvalue weighted by Gasteiger charge is 2.14. The van der Waals surface area contributed by atoms with Crippen LogP contribution in [0.1, 0.15) is 25.3 Å². The van der Waals surface area contributed by atoms with Crippen molar-refractivity contribution in [3.8, 4) is 0 Å². The zero-order valence-electron chi connectivity index (χ0n) is 9.08. The Balaban J connectivity index is 2.58. The van der Waals surface area contributed by atoms with E-state index in [1.54, 1.807) is 10.9 Å². The smallest absolute Gasteiger partial charge is 0.239 e. The zero-order valence-corrected chi connectivity index (χ0v) is 9.08. The maximum atomic E-state index is 12.2. The summed E-state index contributed by atoms with van der Waals surface area (Å²) < 4.78 is 26.1. The van der Waals surface area contributed by atoms with Gasteiger partial charge in [-0.25, -0.2) is 8.78 Å². The first kappa shape index (κ1) is 11.9. The van der Waals surface area contributed by atoms with Crippen LogP contribution in [0.25, 0.3) is 0 Å². The minimum Gasteiger partial charge on any atom is -0.382 e. The molecule has 0 spiro atoms. The number of hydrogen-bond donors (Lipinski definition) is 1. The van der Waals surface area contributed by atoms with Crippen molar-refractivity contribution in [3.05, 3.63) is 11.8 Å². The molecule has 0 amide bonds. The first-order valence-electron chi connectivity index (χ1n) is 5.10. The van der Waals surface area contributed by atoms with Crippen molar-refractivity contribution >= 4 is 5.82 Å². The summed E-state index contributed by atoms with van der Waals surface area (Å²) in [5.74, 6) is 0.436. The number of aromatic nitrogens is 2. The van der Waals surface area contributed by atoms with Gasteiger partial charge in [0.15, 0.2) is 0 Å². The van der Waals surface area contributed by atoms with Crippen LogP contribution in [0.15, 0.2) is 6.20 Å². The first-order chi connectivity index (χ1) is 7.02. The molecule has 1 rings (SSSR count). The van der Waals surface area contributed by atoms with Crippen LogP contribution in [0, 0.1) is 12.8 Å². The summed E-state index contributed by atoms with van der Waals surface area (Å²) in [4.78, 5) is 0. The van der Waals surface area contributed by atoms with Crippen molar-refractivity contribution in [2.45, 2.75) is 39.7 Å². The van der Waals surface area contributed by atoms with Crippen LogP contribution in [0.5, 0.6) is 0 Å². The van der Waals surface area contributed by atoms with E-state index in [9.17, 15) is 8.78 Å². The third-order valence-electron chi connectivity index (χ3n) is 2.52. The van der Waals surface area contributed by atoms with Crippen LogP contribution in [0.3, 0.4) is 0 Å². The van der Waals surface area contributed by atoms with E-state index < -0.39 is 6.43 Å². The molecule has 1 aromatic heterocycles. The minimum atomic E-state index is -2.25. The number of nitrogens with zero attached hydrogens (tertiary/aromatic N) is 2. The number of rotatable bonds is 5. The van der Waals surface area contributed by atoms with E-state index in [0.717, 1.165) is 12.0 Å². The Kier molecular flexibility index (Phi) is 4.05. The lowest BCUT2D eigenvalue weighted by Crippen LogP contribution is -2.14. The van der Waals surface area contributed by atoms with E-state index in [4.69, 9.17) is 5.73 Å². The number of nitrogen functional groups attached to an aromatic ring is 1. The van der Waals surface area contributed by atoms with Crippen LogP contribution in [0.4, 0.5) is 14.6 Å². The van der Waals surface area contributed by atoms with Crippen LogP contribution < -0.4 is 5.73 Å². The molecule has 0 saturated carbocycles. The molecule has 0 radical (unpaired) electrons. The van der Waals surface area contributed by atoms with E-state index in [1.165, 1.54) is 0 Å². The summed E-state index contributed by atoms with van der Waals surface area (Å²) in [6.07, 6.45) is 0.200. The molecule has 1 heterocycles. The second-order valence-electron chi connectivity index (χ2n) is 3.82. The highest BCUT2D eigenvalue weighted by Crippen LogP contribution is 2.17. The molecule has 1 atom stereocenters. The normalized spacial score (nSPS) is 13.4. The maximum Gasteiger partial charge on any atom is 0.239 e. The average Bonchev–Trinajstić information content (AvgIpc) is 2.44. The molecule has 15 heavy (non-hydrogen) atoms. The minimum absolute atomic E-state index is 0.0382. The fourth-order valence-corrected chi connectivity index (χ4v) is 1.52. The Labute approximate surface area is 88.3 Å². The van der Waals surface area contributed by atoms with E-state index in [1.807, 2.05) is 13.8 Å². The van der Waals surface area contributed by atoms with Crippen LogP contribution in [-0.2, 0) is 6.54 Å². The van der Waals surface area contributed by atoms with Crippen LogP contribution in [-0.4, -0.2) is 16.2 Å². The number of aryl methyl sites for hydroxylation is 1. The van der Waals surface area contributed by atoms with E-state index in [2.05, 4.69) is 5.10 Å². The molecule has 86 valence electrons. The zero-order chi connectivity index (χ0) is 11.4. The van der Waals surface area contributed by atoms with Crippen LogP contribution >= 0.6 is 0 Å². The second kappa shape index (κ2) is 5.09. The van der Waals surface area contributed by atoms with Gasteiger partial charge in [0.2, 0.25) is 6.43 Å². The predicted octanol–water partition coefficient (Wildman–Crippen LogP) is 2.46. The quantitative estimate of drug-likeness (QED) is 0.823. The van der Waals surface area contributed by atoms with Gasteiger partial charge < -0.3 is 5.73 Å². The molecule has 0 aromatic carbocycles. The molecule has 0 aliphatic carbocycles. The van der Waals surface area contributed by atoms with Gasteiger partial charge in [-0.15, -0.1) is 0 Å². The Morgan fingerprint density at radius 1 is 1.53 bits per heavy atom. The topological polar surface area (TPSA) is 43.8 Å². The summed E-state index contributed by atoms with van der Waals surface area (Å²) in [6.45, 7) is 4.28. The van der Waals surface area contributed by atoms with Gasteiger partial charge in [0.25, 0.3) is 0 Å². The highest BCUT2D eigenvalue weighted by atomic mass is 19.3. The molecule has 3 nitrogen and oxygen atoms in total. The summed E-state index contributed by atoms with van der Waals surface area (Å²) in [6, 6.07) is 0. The van der Waals surface area contributed by atoms with Crippen molar-refractivity contribution < 1.29 is 8.78 Å². The molecule has 1 unspecified atom stereocenters. The monoisotopic (exact) mass is 217 g/mol. The fraction of sp³-hybridized carbons (Fsp3) is 0.700. The van der Waals surface area contributed by atoms with Gasteiger partial charge in [-0.3, -0.25) is 4.68 Å². The molecular formula is C10H17F2N3. The molecule has 0 saturated heterocycles. The maximum absolute atomic E-state index is 12.2. The largest absolute Gasteiger partial charge is 0.382 e. The molecule has 5 heteroatoms. The summed E-state index contributed by atoms with van der Waals surface area (Å²) >= 11 is 0. The molecular weight excluding hydrogens is 200 g/mol. The lowest BCUT2D eigenvalue weighted by Gasteiger charge is -2.13. The van der Waals surface area contributed by atoms with Gasteiger partial charge >= 0.3 is 0 Å². The van der Waals surface area contributed by atoms with Crippen molar-refractivity contribution in [2.75, 3.05) is 5.73 Å². The Hall–Kier alpha value is -1.13. The Bertz CT molecular complexity index is 290. The van der Waals surface area contributed by atoms with E-state index in [0.29, 0.717) is 12.4 Å². The first-order valence-corrected chi connectivity index (χ1v) is 5.10. The van der Waals surface area contributed by atoms with E-state index in [-0.39, 0.29) is 12.3 Å². The number of anilines is 1. The molecule has 1 aromatic rings.